The van der Waals surface area contributed by atoms with Crippen LogP contribution in [0.25, 0.3) is 0 Å². The van der Waals surface area contributed by atoms with Gasteiger partial charge in [0.15, 0.2) is 0 Å². The standard InChI is InChI=1S/C7H13N3O3/c8-1-6(12)9-2-7(13)10-3-5(11)4-10/h5,11H,1-4,8H2,(H,9,12). The Bertz CT molecular complexity index is 213. The maximum atomic E-state index is 11.2. The number of β-amino-alcohol motifs (C(OH)–C–C–N with tert-alkyl or cyclic N) is 1. The normalized spacial score (nSPS) is 16.6. The minimum absolute atomic E-state index is 0.0389. The summed E-state index contributed by atoms with van der Waals surface area (Å²) >= 11 is 0. The molecule has 0 aliphatic carbocycles. The number of nitrogens with two attached hydrogens (primary N) is 1. The van der Waals surface area contributed by atoms with Crippen LogP contribution in [-0.4, -0.2) is 54.1 Å². The molecule has 0 spiro atoms. The zero-order chi connectivity index (χ0) is 9.84. The van der Waals surface area contributed by atoms with E-state index in [-0.39, 0.29) is 24.9 Å². The number of carbonyl (C=O) groups excluding carboxylic acids is 2. The fraction of sp³-hybridized carbons (Fsp3) is 0.714. The Morgan fingerprint density at radius 2 is 2.15 bits per heavy atom. The summed E-state index contributed by atoms with van der Waals surface area (Å²) in [7, 11) is 0. The van der Waals surface area contributed by atoms with Crippen LogP contribution in [0, 0.1) is 0 Å². The Kier molecular flexibility index (Phi) is 3.21. The van der Waals surface area contributed by atoms with Gasteiger partial charge in [0.25, 0.3) is 0 Å². The zero-order valence-corrected chi connectivity index (χ0v) is 7.19. The van der Waals surface area contributed by atoms with Crippen molar-refractivity contribution in [2.24, 2.45) is 5.73 Å². The van der Waals surface area contributed by atoms with Crippen molar-refractivity contribution in [2.45, 2.75) is 6.10 Å². The molecule has 1 heterocycles. The number of nitrogens with zero attached hydrogens (tertiary/aromatic N) is 1. The molecule has 1 saturated heterocycles. The Hall–Kier alpha value is -1.14. The molecule has 1 aliphatic rings. The zero-order valence-electron chi connectivity index (χ0n) is 7.19. The summed E-state index contributed by atoms with van der Waals surface area (Å²) < 4.78 is 0. The molecule has 0 saturated carbocycles. The molecule has 0 aromatic carbocycles. The number of rotatable bonds is 3. The molecule has 2 amide bonds. The maximum absolute atomic E-state index is 11.2. The van der Waals surface area contributed by atoms with Crippen LogP contribution in [0.4, 0.5) is 0 Å². The van der Waals surface area contributed by atoms with E-state index in [1.165, 1.54) is 4.90 Å². The van der Waals surface area contributed by atoms with Gasteiger partial charge < -0.3 is 21.1 Å². The topological polar surface area (TPSA) is 95.7 Å². The van der Waals surface area contributed by atoms with Crippen LogP contribution in [0.5, 0.6) is 0 Å². The van der Waals surface area contributed by atoms with Gasteiger partial charge >= 0.3 is 0 Å². The number of hydrogen-bond donors (Lipinski definition) is 3. The van der Waals surface area contributed by atoms with Gasteiger partial charge in [-0.2, -0.15) is 0 Å². The van der Waals surface area contributed by atoms with Gasteiger partial charge in [-0.25, -0.2) is 0 Å². The number of hydrogen-bond acceptors (Lipinski definition) is 4. The lowest BCUT2D eigenvalue weighted by atomic mass is 10.2. The molecule has 0 bridgehead atoms. The smallest absolute Gasteiger partial charge is 0.242 e. The molecular formula is C7H13N3O3. The molecule has 0 unspecified atom stereocenters. The summed E-state index contributed by atoms with van der Waals surface area (Å²) in [5.41, 5.74) is 5.03. The van der Waals surface area contributed by atoms with Crippen molar-refractivity contribution in [2.75, 3.05) is 26.2 Å². The summed E-state index contributed by atoms with van der Waals surface area (Å²) in [6, 6.07) is 0. The van der Waals surface area contributed by atoms with E-state index in [1.54, 1.807) is 0 Å². The summed E-state index contributed by atoms with van der Waals surface area (Å²) in [5, 5.41) is 11.2. The van der Waals surface area contributed by atoms with Crippen molar-refractivity contribution < 1.29 is 14.7 Å². The first-order valence-electron chi connectivity index (χ1n) is 4.06. The second kappa shape index (κ2) is 4.20. The number of likely N-dealkylation sites (tertiary alicyclic amines) is 1. The fourth-order valence-corrected chi connectivity index (χ4v) is 1.02. The third-order valence-corrected chi connectivity index (χ3v) is 1.84. The minimum atomic E-state index is -0.408. The van der Waals surface area contributed by atoms with E-state index < -0.39 is 6.10 Å². The second-order valence-corrected chi connectivity index (χ2v) is 2.93. The average molecular weight is 187 g/mol. The van der Waals surface area contributed by atoms with E-state index in [9.17, 15) is 9.59 Å². The molecule has 0 aromatic rings. The molecular weight excluding hydrogens is 174 g/mol. The monoisotopic (exact) mass is 187 g/mol. The van der Waals surface area contributed by atoms with Gasteiger partial charge in [-0.05, 0) is 0 Å². The largest absolute Gasteiger partial charge is 0.389 e. The van der Waals surface area contributed by atoms with Crippen LogP contribution in [0.15, 0.2) is 0 Å². The van der Waals surface area contributed by atoms with Crippen LogP contribution in [0.3, 0.4) is 0 Å². The van der Waals surface area contributed by atoms with Crippen molar-refractivity contribution in [1.29, 1.82) is 0 Å². The van der Waals surface area contributed by atoms with E-state index in [0.29, 0.717) is 13.1 Å². The summed E-state index contributed by atoms with van der Waals surface area (Å²) in [5.74, 6) is -0.540. The molecule has 6 nitrogen and oxygen atoms in total. The van der Waals surface area contributed by atoms with Gasteiger partial charge in [0.2, 0.25) is 11.8 Å². The number of nitrogens with one attached hydrogen (secondary N) is 1. The minimum Gasteiger partial charge on any atom is -0.389 e. The molecule has 13 heavy (non-hydrogen) atoms. The third-order valence-electron chi connectivity index (χ3n) is 1.84. The van der Waals surface area contributed by atoms with E-state index >= 15 is 0 Å². The molecule has 1 aliphatic heterocycles. The molecule has 0 radical (unpaired) electrons. The fourth-order valence-electron chi connectivity index (χ4n) is 1.02. The highest BCUT2D eigenvalue weighted by molar-refractivity contribution is 5.85. The van der Waals surface area contributed by atoms with E-state index in [2.05, 4.69) is 5.32 Å². The summed E-state index contributed by atoms with van der Waals surface area (Å²) in [6.45, 7) is 0.563. The highest BCUT2D eigenvalue weighted by Gasteiger charge is 2.28. The SMILES string of the molecule is NCC(=O)NCC(=O)N1CC(O)C1. The van der Waals surface area contributed by atoms with Gasteiger partial charge in [0, 0.05) is 13.1 Å². The number of carbonyl (C=O) groups is 2. The molecule has 0 atom stereocenters. The van der Waals surface area contributed by atoms with Gasteiger partial charge in [-0.3, -0.25) is 9.59 Å². The molecule has 1 rings (SSSR count). The van der Waals surface area contributed by atoms with Crippen molar-refractivity contribution in [1.82, 2.24) is 10.2 Å². The first-order chi connectivity index (χ1) is 6.13. The van der Waals surface area contributed by atoms with E-state index in [0.717, 1.165) is 0 Å². The number of amides is 2. The maximum Gasteiger partial charge on any atom is 0.242 e. The van der Waals surface area contributed by atoms with Crippen LogP contribution >= 0.6 is 0 Å². The van der Waals surface area contributed by atoms with Gasteiger partial charge in [-0.1, -0.05) is 0 Å². The average Bonchev–Trinajstić information content (AvgIpc) is 2.08. The second-order valence-electron chi connectivity index (χ2n) is 2.93. The van der Waals surface area contributed by atoms with Gasteiger partial charge in [-0.15, -0.1) is 0 Å². The van der Waals surface area contributed by atoms with Crippen LogP contribution in [0.2, 0.25) is 0 Å². The molecule has 74 valence electrons. The highest BCUT2D eigenvalue weighted by Crippen LogP contribution is 2.06. The summed E-state index contributed by atoms with van der Waals surface area (Å²) in [6.07, 6.45) is -0.408. The number of aliphatic hydroxyl groups excluding tert-OH is 1. The Morgan fingerprint density at radius 3 is 2.62 bits per heavy atom. The third kappa shape index (κ3) is 2.67. The predicted molar refractivity (Wildman–Crippen MR) is 44.7 cm³/mol. The first-order valence-corrected chi connectivity index (χ1v) is 4.06. The molecule has 0 aromatic heterocycles. The Balaban J connectivity index is 2.15. The van der Waals surface area contributed by atoms with Crippen molar-refractivity contribution in [3.05, 3.63) is 0 Å². The predicted octanol–water partition coefficient (Wildman–Crippen LogP) is -2.74. The Morgan fingerprint density at radius 1 is 1.54 bits per heavy atom. The van der Waals surface area contributed by atoms with Gasteiger partial charge in [0.1, 0.15) is 0 Å². The quantitative estimate of drug-likeness (QED) is 0.447. The summed E-state index contributed by atoms with van der Waals surface area (Å²) in [4.78, 5) is 23.3. The molecule has 4 N–H and O–H groups in total. The molecule has 6 heteroatoms. The van der Waals surface area contributed by atoms with Crippen molar-refractivity contribution in [3.63, 3.8) is 0 Å². The van der Waals surface area contributed by atoms with Crippen molar-refractivity contribution in [3.8, 4) is 0 Å². The van der Waals surface area contributed by atoms with E-state index in [1.807, 2.05) is 0 Å². The first kappa shape index (κ1) is 9.94. The number of aliphatic hydroxyl groups is 1. The van der Waals surface area contributed by atoms with Crippen LogP contribution in [0.1, 0.15) is 0 Å². The van der Waals surface area contributed by atoms with Crippen molar-refractivity contribution >= 4 is 11.8 Å². The van der Waals surface area contributed by atoms with E-state index in [4.69, 9.17) is 10.8 Å². The van der Waals surface area contributed by atoms with Crippen LogP contribution in [-0.2, 0) is 9.59 Å². The molecule has 1 fully saturated rings. The lowest BCUT2D eigenvalue weighted by Crippen LogP contribution is -2.56. The Labute approximate surface area is 75.7 Å². The highest BCUT2D eigenvalue weighted by atomic mass is 16.3. The lowest BCUT2D eigenvalue weighted by Gasteiger charge is -2.35. The van der Waals surface area contributed by atoms with Crippen LogP contribution < -0.4 is 11.1 Å². The van der Waals surface area contributed by atoms with Gasteiger partial charge in [0.05, 0.1) is 19.2 Å². The lowest BCUT2D eigenvalue weighted by molar-refractivity contribution is -0.141.